The summed E-state index contributed by atoms with van der Waals surface area (Å²) in [6, 6.07) is 6.35. The molecule has 110 valence electrons. The van der Waals surface area contributed by atoms with Crippen molar-refractivity contribution in [3.05, 3.63) is 28.2 Å². The van der Waals surface area contributed by atoms with Gasteiger partial charge in [-0.15, -0.1) is 0 Å². The van der Waals surface area contributed by atoms with E-state index in [0.29, 0.717) is 6.54 Å². The number of hydrogen-bond donors (Lipinski definition) is 1. The van der Waals surface area contributed by atoms with E-state index in [-0.39, 0.29) is 5.91 Å². The Bertz CT molecular complexity index is 478. The van der Waals surface area contributed by atoms with E-state index in [1.165, 1.54) is 5.56 Å². The number of carbonyl (C=O) groups is 1. The van der Waals surface area contributed by atoms with E-state index in [1.54, 1.807) is 0 Å². The number of likely N-dealkylation sites (N-methyl/N-ethyl adjacent to an activating group) is 1. The lowest BCUT2D eigenvalue weighted by Gasteiger charge is -2.22. The molecule has 1 heterocycles. The molecule has 0 bridgehead atoms. The van der Waals surface area contributed by atoms with Crippen molar-refractivity contribution < 1.29 is 4.79 Å². The topological polar surface area (TPSA) is 35.6 Å². The first-order chi connectivity index (χ1) is 9.61. The zero-order valence-corrected chi connectivity index (χ0v) is 13.7. The largest absolute Gasteiger partial charge is 0.362 e. The molecule has 1 aromatic carbocycles. The SMILES string of the molecule is CCNCc1ccc(N2CCCN(C)C(=O)C2)cc1Br. The van der Waals surface area contributed by atoms with Gasteiger partial charge >= 0.3 is 0 Å². The second-order valence-corrected chi connectivity index (χ2v) is 6.00. The van der Waals surface area contributed by atoms with Crippen LogP contribution in [-0.2, 0) is 11.3 Å². The maximum atomic E-state index is 12.0. The molecule has 0 aliphatic carbocycles. The van der Waals surface area contributed by atoms with Gasteiger partial charge in [0.25, 0.3) is 0 Å². The second-order valence-electron chi connectivity index (χ2n) is 5.15. The zero-order chi connectivity index (χ0) is 14.5. The molecule has 1 N–H and O–H groups in total. The van der Waals surface area contributed by atoms with Crippen molar-refractivity contribution in [3.63, 3.8) is 0 Å². The third kappa shape index (κ3) is 3.73. The van der Waals surface area contributed by atoms with Crippen LogP contribution in [0.1, 0.15) is 18.9 Å². The van der Waals surface area contributed by atoms with Crippen molar-refractivity contribution in [1.82, 2.24) is 10.2 Å². The summed E-state index contributed by atoms with van der Waals surface area (Å²) in [4.78, 5) is 15.9. The van der Waals surface area contributed by atoms with Gasteiger partial charge in [0, 0.05) is 36.8 Å². The lowest BCUT2D eigenvalue weighted by atomic mass is 10.2. The van der Waals surface area contributed by atoms with E-state index in [1.807, 2.05) is 11.9 Å². The minimum Gasteiger partial charge on any atom is -0.362 e. The second kappa shape index (κ2) is 7.09. The van der Waals surface area contributed by atoms with Crippen molar-refractivity contribution in [3.8, 4) is 0 Å². The smallest absolute Gasteiger partial charge is 0.241 e. The number of rotatable bonds is 4. The molecule has 1 saturated heterocycles. The first kappa shape index (κ1) is 15.3. The number of anilines is 1. The van der Waals surface area contributed by atoms with E-state index < -0.39 is 0 Å². The summed E-state index contributed by atoms with van der Waals surface area (Å²) < 4.78 is 1.10. The Morgan fingerprint density at radius 2 is 2.15 bits per heavy atom. The summed E-state index contributed by atoms with van der Waals surface area (Å²) in [5, 5.41) is 3.32. The van der Waals surface area contributed by atoms with Crippen LogP contribution >= 0.6 is 15.9 Å². The van der Waals surface area contributed by atoms with E-state index in [2.05, 4.69) is 51.3 Å². The molecule has 1 aliphatic rings. The zero-order valence-electron chi connectivity index (χ0n) is 12.2. The molecule has 5 heteroatoms. The summed E-state index contributed by atoms with van der Waals surface area (Å²) >= 11 is 3.63. The van der Waals surface area contributed by atoms with E-state index in [0.717, 1.165) is 42.8 Å². The molecule has 0 unspecified atom stereocenters. The Morgan fingerprint density at radius 1 is 1.35 bits per heavy atom. The Hall–Kier alpha value is -1.07. The summed E-state index contributed by atoms with van der Waals surface area (Å²) in [5.74, 6) is 0.190. The fraction of sp³-hybridized carbons (Fsp3) is 0.533. The van der Waals surface area contributed by atoms with Crippen molar-refractivity contribution in [2.24, 2.45) is 0 Å². The van der Waals surface area contributed by atoms with Crippen LogP contribution in [0.15, 0.2) is 22.7 Å². The number of nitrogens with zero attached hydrogens (tertiary/aromatic N) is 2. The summed E-state index contributed by atoms with van der Waals surface area (Å²) in [7, 11) is 1.88. The third-order valence-corrected chi connectivity index (χ3v) is 4.38. The average molecular weight is 340 g/mol. The number of amides is 1. The van der Waals surface area contributed by atoms with Crippen LogP contribution in [-0.4, -0.2) is 44.0 Å². The fourth-order valence-electron chi connectivity index (χ4n) is 2.34. The predicted octanol–water partition coefficient (Wildman–Crippen LogP) is 2.23. The number of carbonyl (C=O) groups excluding carboxylic acids is 1. The van der Waals surface area contributed by atoms with Gasteiger partial charge in [-0.25, -0.2) is 0 Å². The molecule has 1 aliphatic heterocycles. The molecule has 2 rings (SSSR count). The first-order valence-electron chi connectivity index (χ1n) is 7.10. The highest BCUT2D eigenvalue weighted by molar-refractivity contribution is 9.10. The van der Waals surface area contributed by atoms with E-state index in [4.69, 9.17) is 0 Å². The van der Waals surface area contributed by atoms with Gasteiger partial charge in [0.05, 0.1) is 6.54 Å². The van der Waals surface area contributed by atoms with Crippen LogP contribution in [0, 0.1) is 0 Å². The summed E-state index contributed by atoms with van der Waals surface area (Å²) in [5.41, 5.74) is 2.36. The van der Waals surface area contributed by atoms with Crippen LogP contribution < -0.4 is 10.2 Å². The maximum absolute atomic E-state index is 12.0. The van der Waals surface area contributed by atoms with Gasteiger partial charge in [0.2, 0.25) is 5.91 Å². The van der Waals surface area contributed by atoms with Crippen LogP contribution in [0.25, 0.3) is 0 Å². The lowest BCUT2D eigenvalue weighted by molar-refractivity contribution is -0.127. The predicted molar refractivity (Wildman–Crippen MR) is 86.0 cm³/mol. The molecule has 0 saturated carbocycles. The number of hydrogen-bond acceptors (Lipinski definition) is 3. The highest BCUT2D eigenvalue weighted by Gasteiger charge is 2.19. The quantitative estimate of drug-likeness (QED) is 0.913. The normalized spacial score (nSPS) is 16.4. The van der Waals surface area contributed by atoms with Crippen LogP contribution in [0.5, 0.6) is 0 Å². The minimum absolute atomic E-state index is 0.190. The lowest BCUT2D eigenvalue weighted by Crippen LogP contribution is -2.34. The van der Waals surface area contributed by atoms with Crippen molar-refractivity contribution >= 4 is 27.5 Å². The summed E-state index contributed by atoms with van der Waals surface area (Å²) in [6.45, 7) is 6.15. The molecule has 0 radical (unpaired) electrons. The Balaban J connectivity index is 2.12. The third-order valence-electron chi connectivity index (χ3n) is 3.64. The fourth-order valence-corrected chi connectivity index (χ4v) is 2.85. The molecule has 0 atom stereocenters. The molecule has 4 nitrogen and oxygen atoms in total. The van der Waals surface area contributed by atoms with Gasteiger partial charge in [-0.2, -0.15) is 0 Å². The average Bonchev–Trinajstić information content (AvgIpc) is 2.60. The maximum Gasteiger partial charge on any atom is 0.241 e. The van der Waals surface area contributed by atoms with E-state index in [9.17, 15) is 4.79 Å². The van der Waals surface area contributed by atoms with Crippen molar-refractivity contribution in [2.45, 2.75) is 19.9 Å². The van der Waals surface area contributed by atoms with Gasteiger partial charge in [0.1, 0.15) is 0 Å². The molecule has 0 spiro atoms. The van der Waals surface area contributed by atoms with Crippen molar-refractivity contribution in [1.29, 1.82) is 0 Å². The molecular formula is C15H22BrN3O. The Kier molecular flexibility index (Phi) is 5.43. The molecule has 1 amide bonds. The molecular weight excluding hydrogens is 318 g/mol. The summed E-state index contributed by atoms with van der Waals surface area (Å²) in [6.07, 6.45) is 1.01. The van der Waals surface area contributed by atoms with Gasteiger partial charge < -0.3 is 15.1 Å². The van der Waals surface area contributed by atoms with Crippen molar-refractivity contribution in [2.75, 3.05) is 38.1 Å². The molecule has 1 fully saturated rings. The molecule has 1 aromatic rings. The van der Waals surface area contributed by atoms with Gasteiger partial charge in [-0.3, -0.25) is 4.79 Å². The molecule has 0 aromatic heterocycles. The van der Waals surface area contributed by atoms with Gasteiger partial charge in [-0.1, -0.05) is 28.9 Å². The Morgan fingerprint density at radius 3 is 2.85 bits per heavy atom. The monoisotopic (exact) mass is 339 g/mol. The van der Waals surface area contributed by atoms with Crippen LogP contribution in [0.4, 0.5) is 5.69 Å². The number of nitrogens with one attached hydrogen (secondary N) is 1. The number of benzene rings is 1. The standard InChI is InChI=1S/C15H22BrN3O/c1-3-17-10-12-5-6-13(9-14(12)16)19-8-4-7-18(2)15(20)11-19/h5-6,9,17H,3-4,7-8,10-11H2,1-2H3. The highest BCUT2D eigenvalue weighted by atomic mass is 79.9. The van der Waals surface area contributed by atoms with E-state index >= 15 is 0 Å². The first-order valence-corrected chi connectivity index (χ1v) is 7.89. The van der Waals surface area contributed by atoms with Gasteiger partial charge in [0.15, 0.2) is 0 Å². The Labute approximate surface area is 129 Å². The van der Waals surface area contributed by atoms with Gasteiger partial charge in [-0.05, 0) is 30.7 Å². The minimum atomic E-state index is 0.190. The molecule has 20 heavy (non-hydrogen) atoms. The highest BCUT2D eigenvalue weighted by Crippen LogP contribution is 2.25. The van der Waals surface area contributed by atoms with Crippen LogP contribution in [0.2, 0.25) is 0 Å². The number of halogens is 1. The van der Waals surface area contributed by atoms with Crippen LogP contribution in [0.3, 0.4) is 0 Å².